The Morgan fingerprint density at radius 1 is 1.41 bits per heavy atom. The summed E-state index contributed by atoms with van der Waals surface area (Å²) in [6.45, 7) is 0. The average molecular weight is 266 g/mol. The second-order valence-corrected chi connectivity index (χ2v) is 6.06. The van der Waals surface area contributed by atoms with Crippen LogP contribution in [-0.2, 0) is 23.9 Å². The van der Waals surface area contributed by atoms with Gasteiger partial charge < -0.3 is 9.29 Å². The minimum Gasteiger partial charge on any atom is -0.481 e. The van der Waals surface area contributed by atoms with Crippen molar-refractivity contribution < 1.29 is 31.7 Å². The van der Waals surface area contributed by atoms with E-state index in [0.717, 1.165) is 0 Å². The number of hydrogen-bond acceptors (Lipinski definition) is 5. The molecule has 0 spiro atoms. The summed E-state index contributed by atoms with van der Waals surface area (Å²) >= 11 is 0. The molecule has 1 N–H and O–H groups in total. The third kappa shape index (κ3) is 1.80. The number of carboxylic acid groups (broad SMARTS) is 1. The molecule has 2 rings (SSSR count). The number of halogens is 1. The Kier molecular flexibility index (Phi) is 2.46. The van der Waals surface area contributed by atoms with Crippen molar-refractivity contribution in [2.45, 2.75) is 18.5 Å². The molecule has 2 aliphatic carbocycles. The normalized spacial score (nSPS) is 39.5. The molecule has 96 valence electrons. The van der Waals surface area contributed by atoms with Gasteiger partial charge in [0.25, 0.3) is 0 Å². The fourth-order valence-corrected chi connectivity index (χ4v) is 3.16. The molecule has 4 unspecified atom stereocenters. The Bertz CT molecular complexity index is 486. The Hall–Kier alpha value is -1.18. The average Bonchev–Trinajstić information content (AvgIpc) is 2.56. The summed E-state index contributed by atoms with van der Waals surface area (Å²) in [5.74, 6) is -5.69. The molecule has 0 heterocycles. The maximum Gasteiger partial charge on any atom is 0.328 e. The molecule has 0 aromatic carbocycles. The fraction of sp³-hybridized carbons (Fsp3) is 0.778. The second kappa shape index (κ2) is 3.41. The van der Waals surface area contributed by atoms with E-state index in [1.807, 2.05) is 0 Å². The van der Waals surface area contributed by atoms with Crippen LogP contribution in [0.15, 0.2) is 0 Å². The molecule has 0 amide bonds. The number of hydrogen-bond donors (Lipinski definition) is 1. The van der Waals surface area contributed by atoms with Crippen molar-refractivity contribution in [3.8, 4) is 0 Å². The zero-order valence-electron chi connectivity index (χ0n) is 8.92. The molecule has 4 atom stereocenters. The summed E-state index contributed by atoms with van der Waals surface area (Å²) in [4.78, 5) is 22.2. The van der Waals surface area contributed by atoms with Gasteiger partial charge in [0, 0.05) is 5.92 Å². The molecule has 17 heavy (non-hydrogen) atoms. The van der Waals surface area contributed by atoms with Gasteiger partial charge in [0.2, 0.25) is 0 Å². The van der Waals surface area contributed by atoms with E-state index in [4.69, 9.17) is 5.11 Å². The van der Waals surface area contributed by atoms with Crippen molar-refractivity contribution in [3.05, 3.63) is 0 Å². The van der Waals surface area contributed by atoms with Gasteiger partial charge in [-0.15, -0.1) is 0 Å². The SMILES string of the molecule is CS(=O)(=O)OC(=O)C1CCC2C(C(=O)O)C12F. The quantitative estimate of drug-likeness (QED) is 0.718. The van der Waals surface area contributed by atoms with E-state index in [1.165, 1.54) is 0 Å². The number of aliphatic carboxylic acids is 1. The minimum atomic E-state index is -3.99. The summed E-state index contributed by atoms with van der Waals surface area (Å²) in [6, 6.07) is 0. The molecular formula is C9H11FO6S. The third-order valence-corrected chi connectivity index (χ3v) is 3.89. The first-order chi connectivity index (χ1) is 7.68. The first-order valence-corrected chi connectivity index (χ1v) is 6.84. The monoisotopic (exact) mass is 266 g/mol. The highest BCUT2D eigenvalue weighted by Gasteiger charge is 2.78. The second-order valence-electron chi connectivity index (χ2n) is 4.49. The van der Waals surface area contributed by atoms with Crippen molar-refractivity contribution in [2.24, 2.45) is 17.8 Å². The van der Waals surface area contributed by atoms with Crippen LogP contribution in [0, 0.1) is 17.8 Å². The molecule has 2 saturated carbocycles. The van der Waals surface area contributed by atoms with E-state index in [1.54, 1.807) is 0 Å². The molecule has 2 aliphatic rings. The van der Waals surface area contributed by atoms with Gasteiger partial charge >= 0.3 is 22.1 Å². The van der Waals surface area contributed by atoms with Crippen LogP contribution in [-0.4, -0.2) is 37.4 Å². The van der Waals surface area contributed by atoms with E-state index in [9.17, 15) is 22.4 Å². The highest BCUT2D eigenvalue weighted by molar-refractivity contribution is 7.86. The van der Waals surface area contributed by atoms with Crippen LogP contribution in [0.4, 0.5) is 4.39 Å². The number of carbonyl (C=O) groups is 2. The van der Waals surface area contributed by atoms with Crippen LogP contribution in [0.3, 0.4) is 0 Å². The maximum absolute atomic E-state index is 14.2. The number of fused-ring (bicyclic) bond motifs is 1. The number of carboxylic acids is 1. The first-order valence-electron chi connectivity index (χ1n) is 5.03. The van der Waals surface area contributed by atoms with Crippen molar-refractivity contribution in [3.63, 3.8) is 0 Å². The van der Waals surface area contributed by atoms with Crippen molar-refractivity contribution in [1.82, 2.24) is 0 Å². The van der Waals surface area contributed by atoms with Gasteiger partial charge in [-0.2, -0.15) is 8.42 Å². The van der Waals surface area contributed by atoms with Gasteiger partial charge in [-0.05, 0) is 12.8 Å². The van der Waals surface area contributed by atoms with Crippen LogP contribution in [0.2, 0.25) is 0 Å². The molecule has 0 radical (unpaired) electrons. The largest absolute Gasteiger partial charge is 0.481 e. The molecule has 2 fully saturated rings. The highest BCUT2D eigenvalue weighted by Crippen LogP contribution is 2.66. The van der Waals surface area contributed by atoms with E-state index in [-0.39, 0.29) is 12.8 Å². The van der Waals surface area contributed by atoms with E-state index < -0.39 is 45.5 Å². The molecule has 0 aliphatic heterocycles. The first kappa shape index (κ1) is 12.3. The van der Waals surface area contributed by atoms with Gasteiger partial charge in [0.05, 0.1) is 18.1 Å². The maximum atomic E-state index is 14.2. The topological polar surface area (TPSA) is 97.7 Å². The lowest BCUT2D eigenvalue weighted by atomic mass is 9.98. The zero-order valence-corrected chi connectivity index (χ0v) is 9.74. The Morgan fingerprint density at radius 2 is 2.00 bits per heavy atom. The van der Waals surface area contributed by atoms with Gasteiger partial charge in [-0.3, -0.25) is 9.59 Å². The Balaban J connectivity index is 2.14. The van der Waals surface area contributed by atoms with E-state index in [0.29, 0.717) is 6.26 Å². The van der Waals surface area contributed by atoms with Crippen molar-refractivity contribution in [1.29, 1.82) is 0 Å². The molecule has 8 heteroatoms. The third-order valence-electron chi connectivity index (χ3n) is 3.42. The van der Waals surface area contributed by atoms with E-state index in [2.05, 4.69) is 4.18 Å². The number of alkyl halides is 1. The lowest BCUT2D eigenvalue weighted by Crippen LogP contribution is -2.31. The zero-order chi connectivity index (χ0) is 13.0. The fourth-order valence-electron chi connectivity index (χ4n) is 2.74. The van der Waals surface area contributed by atoms with Gasteiger partial charge in [-0.25, -0.2) is 4.39 Å². The molecule has 0 bridgehead atoms. The van der Waals surface area contributed by atoms with Crippen LogP contribution < -0.4 is 0 Å². The number of carbonyl (C=O) groups excluding carboxylic acids is 1. The standard InChI is InChI=1S/C9H11FO6S/c1-17(14,15)16-8(13)5-3-2-4-6(7(11)12)9(4,5)10/h4-6H,2-3H2,1H3,(H,11,12). The minimum absolute atomic E-state index is 0.124. The molecule has 0 saturated heterocycles. The molecular weight excluding hydrogens is 255 g/mol. The predicted molar refractivity (Wildman–Crippen MR) is 52.1 cm³/mol. The highest BCUT2D eigenvalue weighted by atomic mass is 32.2. The van der Waals surface area contributed by atoms with Crippen LogP contribution >= 0.6 is 0 Å². The lowest BCUT2D eigenvalue weighted by Gasteiger charge is -2.15. The van der Waals surface area contributed by atoms with Crippen molar-refractivity contribution in [2.75, 3.05) is 6.26 Å². The molecule has 0 aromatic rings. The summed E-state index contributed by atoms with van der Waals surface area (Å²) in [5.41, 5.74) is -2.13. The van der Waals surface area contributed by atoms with Crippen LogP contribution in [0.1, 0.15) is 12.8 Å². The van der Waals surface area contributed by atoms with Crippen LogP contribution in [0.25, 0.3) is 0 Å². The summed E-state index contributed by atoms with van der Waals surface area (Å²) in [5, 5.41) is 8.75. The smallest absolute Gasteiger partial charge is 0.328 e. The van der Waals surface area contributed by atoms with Gasteiger partial charge in [-0.1, -0.05) is 0 Å². The summed E-state index contributed by atoms with van der Waals surface area (Å²) < 4.78 is 39.8. The Morgan fingerprint density at radius 3 is 2.41 bits per heavy atom. The summed E-state index contributed by atoms with van der Waals surface area (Å²) in [6.07, 6.45) is 1.07. The molecule has 6 nitrogen and oxygen atoms in total. The summed E-state index contributed by atoms with van der Waals surface area (Å²) in [7, 11) is -3.99. The molecule has 0 aromatic heterocycles. The van der Waals surface area contributed by atoms with Crippen LogP contribution in [0.5, 0.6) is 0 Å². The van der Waals surface area contributed by atoms with Crippen molar-refractivity contribution >= 4 is 22.1 Å². The Labute approximate surface area is 96.9 Å². The number of rotatable bonds is 3. The van der Waals surface area contributed by atoms with E-state index >= 15 is 0 Å². The lowest BCUT2D eigenvalue weighted by molar-refractivity contribution is -0.144. The predicted octanol–water partition coefficient (Wildman–Crippen LogP) is -0.0619. The van der Waals surface area contributed by atoms with Gasteiger partial charge in [0.15, 0.2) is 0 Å². The van der Waals surface area contributed by atoms with Gasteiger partial charge in [0.1, 0.15) is 5.67 Å².